The van der Waals surface area contributed by atoms with Gasteiger partial charge in [-0.3, -0.25) is 0 Å². The molecule has 0 aromatic carbocycles. The summed E-state index contributed by atoms with van der Waals surface area (Å²) in [4.78, 5) is 14.9. The van der Waals surface area contributed by atoms with Crippen molar-refractivity contribution in [2.45, 2.75) is 20.4 Å². The van der Waals surface area contributed by atoms with Crippen LogP contribution in [0, 0.1) is 6.92 Å². The van der Waals surface area contributed by atoms with E-state index in [2.05, 4.69) is 15.5 Å². The summed E-state index contributed by atoms with van der Waals surface area (Å²) in [5.41, 5.74) is 0. The molecular formula is C10H15N3O3. The number of aromatic nitrogens is 2. The van der Waals surface area contributed by atoms with Crippen LogP contribution in [0.4, 0.5) is 0 Å². The fraction of sp³-hybridized carbons (Fsp3) is 0.500. The Bertz CT molecular complexity index is 360. The summed E-state index contributed by atoms with van der Waals surface area (Å²) in [5.74, 6) is 0.804. The average molecular weight is 225 g/mol. The zero-order valence-electron chi connectivity index (χ0n) is 9.40. The van der Waals surface area contributed by atoms with Crippen LogP contribution in [0.3, 0.4) is 0 Å². The number of carbonyl (C=O) groups excluding carboxylic acids is 1. The van der Waals surface area contributed by atoms with Crippen LogP contribution in [0.5, 0.6) is 0 Å². The fourth-order valence-electron chi connectivity index (χ4n) is 1.02. The van der Waals surface area contributed by atoms with Crippen LogP contribution in [0.25, 0.3) is 0 Å². The molecule has 1 rings (SSSR count). The first-order valence-electron chi connectivity index (χ1n) is 5.05. The van der Waals surface area contributed by atoms with Gasteiger partial charge in [-0.15, -0.1) is 0 Å². The van der Waals surface area contributed by atoms with Crippen LogP contribution in [-0.2, 0) is 16.1 Å². The minimum atomic E-state index is -0.335. The average Bonchev–Trinajstić information content (AvgIpc) is 2.64. The molecule has 0 atom stereocenters. The molecule has 0 amide bonds. The van der Waals surface area contributed by atoms with E-state index >= 15 is 0 Å². The molecule has 0 fully saturated rings. The van der Waals surface area contributed by atoms with Crippen molar-refractivity contribution in [2.24, 2.45) is 0 Å². The third-order valence-electron chi connectivity index (χ3n) is 1.65. The molecule has 0 saturated heterocycles. The van der Waals surface area contributed by atoms with Crippen molar-refractivity contribution in [2.75, 3.05) is 13.2 Å². The maximum atomic E-state index is 10.9. The molecule has 0 unspecified atom stereocenters. The Morgan fingerprint density at radius 2 is 2.44 bits per heavy atom. The molecule has 0 bridgehead atoms. The topological polar surface area (TPSA) is 77.2 Å². The van der Waals surface area contributed by atoms with Crippen molar-refractivity contribution >= 4 is 5.97 Å². The van der Waals surface area contributed by atoms with E-state index in [9.17, 15) is 4.79 Å². The van der Waals surface area contributed by atoms with Crippen molar-refractivity contribution in [3.63, 3.8) is 0 Å². The van der Waals surface area contributed by atoms with Crippen LogP contribution in [0.1, 0.15) is 18.6 Å². The van der Waals surface area contributed by atoms with Crippen LogP contribution < -0.4 is 5.32 Å². The molecule has 88 valence electrons. The van der Waals surface area contributed by atoms with Gasteiger partial charge in [-0.2, -0.15) is 4.98 Å². The minimum absolute atomic E-state index is 0.335. The molecule has 0 radical (unpaired) electrons. The van der Waals surface area contributed by atoms with Crippen LogP contribution in [-0.4, -0.2) is 29.3 Å². The van der Waals surface area contributed by atoms with Gasteiger partial charge in [-0.1, -0.05) is 11.2 Å². The highest BCUT2D eigenvalue weighted by Gasteiger charge is 2.00. The molecule has 0 saturated carbocycles. The lowest BCUT2D eigenvalue weighted by molar-refractivity contribution is -0.137. The molecule has 6 heteroatoms. The van der Waals surface area contributed by atoms with Gasteiger partial charge in [0, 0.05) is 12.6 Å². The Hall–Kier alpha value is -1.69. The summed E-state index contributed by atoms with van der Waals surface area (Å²) in [6.07, 6.45) is 3.07. The Labute approximate surface area is 93.7 Å². The lowest BCUT2D eigenvalue weighted by Crippen LogP contribution is -2.13. The highest BCUT2D eigenvalue weighted by molar-refractivity contribution is 5.81. The van der Waals surface area contributed by atoms with Gasteiger partial charge >= 0.3 is 5.97 Å². The molecular weight excluding hydrogens is 210 g/mol. The first-order chi connectivity index (χ1) is 7.72. The molecule has 1 aromatic rings. The molecule has 6 nitrogen and oxygen atoms in total. The molecule has 0 aliphatic heterocycles. The first kappa shape index (κ1) is 12.4. The molecule has 0 aliphatic rings. The number of aryl methyl sites for hydroxylation is 1. The summed E-state index contributed by atoms with van der Waals surface area (Å²) < 4.78 is 9.61. The van der Waals surface area contributed by atoms with Crippen molar-refractivity contribution in [1.29, 1.82) is 0 Å². The Morgan fingerprint density at radius 1 is 1.62 bits per heavy atom. The summed E-state index contributed by atoms with van der Waals surface area (Å²) in [7, 11) is 0. The third kappa shape index (κ3) is 4.70. The van der Waals surface area contributed by atoms with Crippen LogP contribution >= 0.6 is 0 Å². The number of esters is 1. The van der Waals surface area contributed by atoms with Gasteiger partial charge in [-0.05, 0) is 13.8 Å². The predicted octanol–water partition coefficient (Wildman–Crippen LogP) is 0.587. The van der Waals surface area contributed by atoms with Gasteiger partial charge in [0.05, 0.1) is 13.2 Å². The van der Waals surface area contributed by atoms with Crippen molar-refractivity contribution in [1.82, 2.24) is 15.5 Å². The summed E-state index contributed by atoms with van der Waals surface area (Å²) in [6.45, 7) is 4.93. The van der Waals surface area contributed by atoms with Crippen molar-refractivity contribution in [3.8, 4) is 0 Å². The number of nitrogens with one attached hydrogen (secondary N) is 1. The lowest BCUT2D eigenvalue weighted by atomic mass is 10.4. The highest BCUT2D eigenvalue weighted by atomic mass is 16.5. The SMILES string of the molecule is CCOC(=O)/C=C/CNCc1nc(C)no1. The zero-order valence-corrected chi connectivity index (χ0v) is 9.40. The fourth-order valence-corrected chi connectivity index (χ4v) is 1.02. The number of hydrogen-bond acceptors (Lipinski definition) is 6. The molecule has 1 heterocycles. The number of nitrogens with zero attached hydrogens (tertiary/aromatic N) is 2. The summed E-state index contributed by atoms with van der Waals surface area (Å²) in [5, 5.41) is 6.67. The Kier molecular flexibility index (Phi) is 5.21. The number of rotatable bonds is 6. The van der Waals surface area contributed by atoms with Crippen LogP contribution in [0.2, 0.25) is 0 Å². The van der Waals surface area contributed by atoms with Crippen LogP contribution in [0.15, 0.2) is 16.7 Å². The normalized spacial score (nSPS) is 10.9. The molecule has 16 heavy (non-hydrogen) atoms. The van der Waals surface area contributed by atoms with Gasteiger partial charge in [-0.25, -0.2) is 4.79 Å². The maximum absolute atomic E-state index is 10.9. The van der Waals surface area contributed by atoms with Gasteiger partial charge in [0.25, 0.3) is 0 Å². The number of ether oxygens (including phenoxy) is 1. The third-order valence-corrected chi connectivity index (χ3v) is 1.65. The monoisotopic (exact) mass is 225 g/mol. The molecule has 0 aliphatic carbocycles. The van der Waals surface area contributed by atoms with E-state index in [4.69, 9.17) is 9.26 Å². The second-order valence-electron chi connectivity index (χ2n) is 3.02. The standard InChI is InChI=1S/C10H15N3O3/c1-3-15-10(14)5-4-6-11-7-9-12-8(2)13-16-9/h4-5,11H,3,6-7H2,1-2H3/b5-4+. The first-order valence-corrected chi connectivity index (χ1v) is 5.05. The lowest BCUT2D eigenvalue weighted by Gasteiger charge is -1.96. The quantitative estimate of drug-likeness (QED) is 0.433. The number of carbonyl (C=O) groups is 1. The van der Waals surface area contributed by atoms with E-state index in [0.29, 0.717) is 31.4 Å². The minimum Gasteiger partial charge on any atom is -0.463 e. The van der Waals surface area contributed by atoms with Gasteiger partial charge < -0.3 is 14.6 Å². The molecule has 1 N–H and O–H groups in total. The van der Waals surface area contributed by atoms with E-state index in [1.54, 1.807) is 19.9 Å². The van der Waals surface area contributed by atoms with Crippen molar-refractivity contribution in [3.05, 3.63) is 23.9 Å². The van der Waals surface area contributed by atoms with Gasteiger partial charge in [0.15, 0.2) is 5.82 Å². The zero-order chi connectivity index (χ0) is 11.8. The van der Waals surface area contributed by atoms with Gasteiger partial charge in [0.1, 0.15) is 0 Å². The summed E-state index contributed by atoms with van der Waals surface area (Å²) in [6, 6.07) is 0. The highest BCUT2D eigenvalue weighted by Crippen LogP contribution is 1.93. The Balaban J connectivity index is 2.14. The number of hydrogen-bond donors (Lipinski definition) is 1. The molecule has 0 spiro atoms. The molecule has 1 aromatic heterocycles. The van der Waals surface area contributed by atoms with E-state index in [1.807, 2.05) is 0 Å². The van der Waals surface area contributed by atoms with Gasteiger partial charge in [0.2, 0.25) is 5.89 Å². The Morgan fingerprint density at radius 3 is 3.06 bits per heavy atom. The second kappa shape index (κ2) is 6.73. The predicted molar refractivity (Wildman–Crippen MR) is 56.5 cm³/mol. The van der Waals surface area contributed by atoms with E-state index < -0.39 is 0 Å². The maximum Gasteiger partial charge on any atom is 0.330 e. The smallest absolute Gasteiger partial charge is 0.330 e. The summed E-state index contributed by atoms with van der Waals surface area (Å²) >= 11 is 0. The van der Waals surface area contributed by atoms with Crippen molar-refractivity contribution < 1.29 is 14.1 Å². The van der Waals surface area contributed by atoms with E-state index in [0.717, 1.165) is 0 Å². The van der Waals surface area contributed by atoms with E-state index in [-0.39, 0.29) is 5.97 Å². The largest absolute Gasteiger partial charge is 0.463 e. The van der Waals surface area contributed by atoms with E-state index in [1.165, 1.54) is 6.08 Å². The second-order valence-corrected chi connectivity index (χ2v) is 3.02.